The summed E-state index contributed by atoms with van der Waals surface area (Å²) in [6.45, 7) is 1.22. The Labute approximate surface area is 147 Å². The van der Waals surface area contributed by atoms with Crippen molar-refractivity contribution in [2.24, 2.45) is 0 Å². The molecule has 0 radical (unpaired) electrons. The second-order valence-corrected chi connectivity index (χ2v) is 6.35. The van der Waals surface area contributed by atoms with Crippen molar-refractivity contribution in [3.8, 4) is 11.8 Å². The van der Waals surface area contributed by atoms with Crippen LogP contribution in [0.15, 0.2) is 42.5 Å². The maximum absolute atomic E-state index is 12.4. The van der Waals surface area contributed by atoms with Crippen LogP contribution in [0.2, 0.25) is 0 Å². The van der Waals surface area contributed by atoms with E-state index in [1.165, 1.54) is 5.56 Å². The maximum atomic E-state index is 12.4. The number of carbonyl (C=O) groups is 1. The Kier molecular flexibility index (Phi) is 5.01. The molecular weight excluding hydrogens is 314 g/mol. The number of fused-ring (bicyclic) bond motifs is 1. The molecule has 1 N–H and O–H groups in total. The Hall–Kier alpha value is -2.84. The van der Waals surface area contributed by atoms with E-state index in [0.29, 0.717) is 17.7 Å². The lowest BCUT2D eigenvalue weighted by atomic mass is 10.0. The van der Waals surface area contributed by atoms with Gasteiger partial charge < -0.3 is 15.0 Å². The van der Waals surface area contributed by atoms with Crippen LogP contribution < -0.4 is 10.1 Å². The van der Waals surface area contributed by atoms with Crippen LogP contribution in [0.25, 0.3) is 0 Å². The Bertz CT molecular complexity index is 824. The lowest BCUT2D eigenvalue weighted by Crippen LogP contribution is -2.34. The highest BCUT2D eigenvalue weighted by atomic mass is 16.5. The fraction of sp³-hybridized carbons (Fsp3) is 0.300. The third-order valence-electron chi connectivity index (χ3n) is 4.43. The van der Waals surface area contributed by atoms with Gasteiger partial charge in [-0.25, -0.2) is 0 Å². The van der Waals surface area contributed by atoms with Crippen LogP contribution in [0.1, 0.15) is 33.1 Å². The predicted octanol–water partition coefficient (Wildman–Crippen LogP) is 2.53. The molecule has 1 atom stereocenters. The lowest BCUT2D eigenvalue weighted by molar-refractivity contribution is 0.0942. The van der Waals surface area contributed by atoms with Gasteiger partial charge in [0.15, 0.2) is 0 Å². The molecule has 1 amide bonds. The molecule has 1 aliphatic rings. The number of amides is 1. The number of ether oxygens (including phenoxy) is 1. The highest BCUT2D eigenvalue weighted by Gasteiger charge is 2.19. The maximum Gasteiger partial charge on any atom is 0.251 e. The number of likely N-dealkylation sites (N-methyl/N-ethyl adjacent to an activating group) is 1. The first-order valence-electron chi connectivity index (χ1n) is 8.29. The number of nitrogens with zero attached hydrogens (tertiary/aromatic N) is 2. The van der Waals surface area contributed by atoms with Crippen molar-refractivity contribution in [3.05, 3.63) is 64.7 Å². The number of benzene rings is 2. The van der Waals surface area contributed by atoms with Crippen molar-refractivity contribution >= 4 is 5.91 Å². The molecule has 25 heavy (non-hydrogen) atoms. The van der Waals surface area contributed by atoms with Crippen molar-refractivity contribution in [3.63, 3.8) is 0 Å². The molecule has 1 heterocycles. The van der Waals surface area contributed by atoms with E-state index < -0.39 is 0 Å². The molecule has 0 saturated heterocycles. The van der Waals surface area contributed by atoms with Crippen LogP contribution in [0.5, 0.6) is 5.75 Å². The quantitative estimate of drug-likeness (QED) is 0.912. The Balaban J connectivity index is 1.72. The molecule has 3 rings (SSSR count). The van der Waals surface area contributed by atoms with Crippen LogP contribution in [0.3, 0.4) is 0 Å². The minimum Gasteiger partial charge on any atom is -0.493 e. The van der Waals surface area contributed by atoms with Crippen LogP contribution in [0, 0.1) is 11.3 Å². The van der Waals surface area contributed by atoms with Gasteiger partial charge in [-0.15, -0.1) is 0 Å². The van der Waals surface area contributed by atoms with Gasteiger partial charge in [-0.3, -0.25) is 4.79 Å². The van der Waals surface area contributed by atoms with E-state index in [2.05, 4.69) is 28.4 Å². The van der Waals surface area contributed by atoms with Crippen molar-refractivity contribution in [2.75, 3.05) is 27.2 Å². The molecule has 0 spiro atoms. The van der Waals surface area contributed by atoms with E-state index in [1.807, 2.05) is 20.2 Å². The van der Waals surface area contributed by atoms with Gasteiger partial charge in [0.2, 0.25) is 0 Å². The van der Waals surface area contributed by atoms with E-state index in [0.717, 1.165) is 24.3 Å². The zero-order chi connectivity index (χ0) is 17.8. The monoisotopic (exact) mass is 335 g/mol. The van der Waals surface area contributed by atoms with Crippen LogP contribution in [-0.4, -0.2) is 38.1 Å². The molecule has 5 nitrogen and oxygen atoms in total. The molecule has 1 aliphatic heterocycles. The summed E-state index contributed by atoms with van der Waals surface area (Å²) < 4.78 is 5.56. The first-order valence-corrected chi connectivity index (χ1v) is 8.29. The summed E-state index contributed by atoms with van der Waals surface area (Å²) in [6.07, 6.45) is 0.927. The molecule has 128 valence electrons. The van der Waals surface area contributed by atoms with E-state index in [4.69, 9.17) is 10.00 Å². The fourth-order valence-corrected chi connectivity index (χ4v) is 3.03. The van der Waals surface area contributed by atoms with Gasteiger partial charge in [0.25, 0.3) is 5.91 Å². The molecule has 5 heteroatoms. The van der Waals surface area contributed by atoms with Crippen LogP contribution >= 0.6 is 0 Å². The number of nitrogens with one attached hydrogen (secondary N) is 1. The topological polar surface area (TPSA) is 65.4 Å². The zero-order valence-corrected chi connectivity index (χ0v) is 14.5. The Morgan fingerprint density at radius 1 is 1.32 bits per heavy atom. The first kappa shape index (κ1) is 17.0. The molecule has 0 aromatic heterocycles. The predicted molar refractivity (Wildman–Crippen MR) is 95.6 cm³/mol. The number of hydrogen-bond donors (Lipinski definition) is 1. The smallest absolute Gasteiger partial charge is 0.251 e. The average molecular weight is 335 g/mol. The van der Waals surface area contributed by atoms with Gasteiger partial charge in [0.1, 0.15) is 5.75 Å². The van der Waals surface area contributed by atoms with E-state index in [1.54, 1.807) is 24.3 Å². The molecule has 1 unspecified atom stereocenters. The summed E-state index contributed by atoms with van der Waals surface area (Å²) in [5.41, 5.74) is 3.35. The number of rotatable bonds is 5. The summed E-state index contributed by atoms with van der Waals surface area (Å²) in [5.74, 6) is 0.784. The highest BCUT2D eigenvalue weighted by molar-refractivity contribution is 5.94. The standard InChI is InChI=1S/C20H21N3O2/c1-23(2)18(15-6-7-19-16(11-15)8-9-25-19)13-22-20(24)17-5-3-4-14(10-17)12-21/h3-7,10-11,18H,8-9,13H2,1-2H3,(H,22,24). The fourth-order valence-electron chi connectivity index (χ4n) is 3.03. The Morgan fingerprint density at radius 2 is 2.16 bits per heavy atom. The van der Waals surface area contributed by atoms with Crippen molar-refractivity contribution < 1.29 is 9.53 Å². The molecule has 2 aromatic rings. The minimum atomic E-state index is -0.173. The van der Waals surface area contributed by atoms with E-state index in [-0.39, 0.29) is 11.9 Å². The van der Waals surface area contributed by atoms with Crippen LogP contribution in [0.4, 0.5) is 0 Å². The molecular formula is C20H21N3O2. The average Bonchev–Trinajstić information content (AvgIpc) is 3.09. The lowest BCUT2D eigenvalue weighted by Gasteiger charge is -2.25. The molecule has 2 aromatic carbocycles. The van der Waals surface area contributed by atoms with Gasteiger partial charge in [-0.1, -0.05) is 18.2 Å². The molecule has 0 saturated carbocycles. The second kappa shape index (κ2) is 7.37. The van der Waals surface area contributed by atoms with E-state index in [9.17, 15) is 4.79 Å². The van der Waals surface area contributed by atoms with E-state index >= 15 is 0 Å². The van der Waals surface area contributed by atoms with Gasteiger partial charge in [0, 0.05) is 18.5 Å². The van der Waals surface area contributed by atoms with Crippen molar-refractivity contribution in [2.45, 2.75) is 12.5 Å². The molecule has 0 fully saturated rings. The highest BCUT2D eigenvalue weighted by Crippen LogP contribution is 2.29. The molecule has 0 bridgehead atoms. The van der Waals surface area contributed by atoms with Crippen molar-refractivity contribution in [1.29, 1.82) is 5.26 Å². The van der Waals surface area contributed by atoms with Gasteiger partial charge in [-0.2, -0.15) is 5.26 Å². The summed E-state index contributed by atoms with van der Waals surface area (Å²) in [5, 5.41) is 11.9. The second-order valence-electron chi connectivity index (χ2n) is 6.35. The zero-order valence-electron chi connectivity index (χ0n) is 14.5. The third-order valence-corrected chi connectivity index (χ3v) is 4.43. The Morgan fingerprint density at radius 3 is 2.92 bits per heavy atom. The molecule has 0 aliphatic carbocycles. The summed E-state index contributed by atoms with van der Waals surface area (Å²) in [7, 11) is 3.99. The van der Waals surface area contributed by atoms with Gasteiger partial charge in [0.05, 0.1) is 24.3 Å². The summed E-state index contributed by atoms with van der Waals surface area (Å²) in [4.78, 5) is 14.5. The number of hydrogen-bond acceptors (Lipinski definition) is 4. The SMILES string of the molecule is CN(C)C(CNC(=O)c1cccc(C#N)c1)c1ccc2c(c1)CCO2. The van der Waals surface area contributed by atoms with Gasteiger partial charge >= 0.3 is 0 Å². The third kappa shape index (κ3) is 3.81. The summed E-state index contributed by atoms with van der Waals surface area (Å²) in [6, 6.07) is 15.1. The van der Waals surface area contributed by atoms with Crippen molar-refractivity contribution in [1.82, 2.24) is 10.2 Å². The first-order chi connectivity index (χ1) is 12.1. The van der Waals surface area contributed by atoms with Crippen LogP contribution in [-0.2, 0) is 6.42 Å². The normalized spacial score (nSPS) is 13.7. The largest absolute Gasteiger partial charge is 0.493 e. The number of nitriles is 1. The van der Waals surface area contributed by atoms with Gasteiger partial charge in [-0.05, 0) is 49.5 Å². The number of carbonyl (C=O) groups excluding carboxylic acids is 1. The summed E-state index contributed by atoms with van der Waals surface area (Å²) >= 11 is 0. The minimum absolute atomic E-state index is 0.0639.